The van der Waals surface area contributed by atoms with Crippen molar-refractivity contribution in [2.45, 2.75) is 19.4 Å². The van der Waals surface area contributed by atoms with Crippen LogP contribution in [0.3, 0.4) is 0 Å². The normalized spacial score (nSPS) is 16.0. The van der Waals surface area contributed by atoms with Crippen LogP contribution in [0.2, 0.25) is 0 Å². The Morgan fingerprint density at radius 3 is 2.79 bits per heavy atom. The Morgan fingerprint density at radius 2 is 2.00 bits per heavy atom. The van der Waals surface area contributed by atoms with Gasteiger partial charge in [0, 0.05) is 24.4 Å². The van der Waals surface area contributed by atoms with E-state index in [0.29, 0.717) is 29.5 Å². The molecule has 5 nitrogen and oxygen atoms in total. The Hall–Kier alpha value is -3.29. The SMILES string of the molecule is CC1c2c(F)cc(F)cc2CCN1C(=O)CNc1cc2cc[nH]c(=O)c2cc1F. The summed E-state index contributed by atoms with van der Waals surface area (Å²) in [5.74, 6) is -2.30. The third kappa shape index (κ3) is 3.46. The Labute approximate surface area is 164 Å². The summed E-state index contributed by atoms with van der Waals surface area (Å²) < 4.78 is 42.0. The van der Waals surface area contributed by atoms with E-state index in [1.807, 2.05) is 0 Å². The molecule has 1 atom stereocenters. The van der Waals surface area contributed by atoms with Crippen LogP contribution in [0.15, 0.2) is 41.3 Å². The fourth-order valence-corrected chi connectivity index (χ4v) is 3.86. The molecule has 150 valence electrons. The van der Waals surface area contributed by atoms with Gasteiger partial charge in [-0.3, -0.25) is 9.59 Å². The first-order valence-electron chi connectivity index (χ1n) is 9.17. The number of rotatable bonds is 3. The summed E-state index contributed by atoms with van der Waals surface area (Å²) in [6.45, 7) is 1.79. The monoisotopic (exact) mass is 401 g/mol. The van der Waals surface area contributed by atoms with Gasteiger partial charge >= 0.3 is 0 Å². The number of aromatic amines is 1. The first-order valence-corrected chi connectivity index (χ1v) is 9.17. The maximum atomic E-state index is 14.3. The van der Waals surface area contributed by atoms with Gasteiger partial charge in [-0.25, -0.2) is 13.2 Å². The van der Waals surface area contributed by atoms with Crippen LogP contribution in [0.1, 0.15) is 24.1 Å². The molecule has 0 spiro atoms. The molecule has 0 aliphatic carbocycles. The lowest BCUT2D eigenvalue weighted by Gasteiger charge is -2.35. The zero-order chi connectivity index (χ0) is 20.7. The van der Waals surface area contributed by atoms with E-state index >= 15 is 0 Å². The van der Waals surface area contributed by atoms with Gasteiger partial charge in [-0.15, -0.1) is 0 Å². The molecule has 1 amide bonds. The number of nitrogens with zero attached hydrogens (tertiary/aromatic N) is 1. The minimum absolute atomic E-state index is 0.0924. The van der Waals surface area contributed by atoms with Gasteiger partial charge in [0.15, 0.2) is 0 Å². The van der Waals surface area contributed by atoms with E-state index in [1.165, 1.54) is 23.2 Å². The molecule has 2 N–H and O–H groups in total. The van der Waals surface area contributed by atoms with Gasteiger partial charge in [-0.1, -0.05) is 0 Å². The third-order valence-corrected chi connectivity index (χ3v) is 5.30. The van der Waals surface area contributed by atoms with Crippen LogP contribution in [0, 0.1) is 17.5 Å². The molecule has 8 heteroatoms. The van der Waals surface area contributed by atoms with Crippen LogP contribution in [-0.4, -0.2) is 28.9 Å². The highest BCUT2D eigenvalue weighted by Crippen LogP contribution is 2.32. The zero-order valence-corrected chi connectivity index (χ0v) is 15.6. The van der Waals surface area contributed by atoms with Crippen molar-refractivity contribution in [1.82, 2.24) is 9.88 Å². The van der Waals surface area contributed by atoms with Gasteiger partial charge in [0.05, 0.1) is 23.7 Å². The fraction of sp³-hybridized carbons (Fsp3) is 0.238. The number of H-pyrrole nitrogens is 1. The molecule has 1 unspecified atom stereocenters. The molecule has 3 aromatic rings. The van der Waals surface area contributed by atoms with Crippen molar-refractivity contribution < 1.29 is 18.0 Å². The molecule has 4 rings (SSSR count). The van der Waals surface area contributed by atoms with Crippen molar-refractivity contribution in [2.75, 3.05) is 18.4 Å². The Kier molecular flexibility index (Phi) is 4.77. The Balaban J connectivity index is 1.52. The highest BCUT2D eigenvalue weighted by molar-refractivity contribution is 5.87. The molecule has 0 saturated heterocycles. The van der Waals surface area contributed by atoms with Crippen LogP contribution in [0.25, 0.3) is 10.8 Å². The molecule has 2 aromatic carbocycles. The van der Waals surface area contributed by atoms with Crippen LogP contribution >= 0.6 is 0 Å². The number of hydrogen-bond donors (Lipinski definition) is 2. The number of halogens is 3. The maximum absolute atomic E-state index is 14.3. The Bertz CT molecular complexity index is 1180. The number of anilines is 1. The lowest BCUT2D eigenvalue weighted by molar-refractivity contribution is -0.131. The fourth-order valence-electron chi connectivity index (χ4n) is 3.86. The third-order valence-electron chi connectivity index (χ3n) is 5.30. The lowest BCUT2D eigenvalue weighted by Crippen LogP contribution is -2.42. The first kappa shape index (κ1) is 19.0. The summed E-state index contributed by atoms with van der Waals surface area (Å²) in [4.78, 5) is 28.4. The van der Waals surface area contributed by atoms with Crippen LogP contribution in [0.5, 0.6) is 0 Å². The van der Waals surface area contributed by atoms with Crippen LogP contribution in [0.4, 0.5) is 18.9 Å². The van der Waals surface area contributed by atoms with Crippen molar-refractivity contribution >= 4 is 22.4 Å². The molecule has 29 heavy (non-hydrogen) atoms. The molecule has 2 heterocycles. The van der Waals surface area contributed by atoms with E-state index in [1.54, 1.807) is 13.0 Å². The van der Waals surface area contributed by atoms with Gasteiger partial charge in [0.2, 0.25) is 5.91 Å². The predicted octanol–water partition coefficient (Wildman–Crippen LogP) is 3.50. The molecule has 0 radical (unpaired) electrons. The maximum Gasteiger partial charge on any atom is 0.255 e. The van der Waals surface area contributed by atoms with Crippen LogP contribution in [-0.2, 0) is 11.2 Å². The molecule has 0 fully saturated rings. The minimum Gasteiger partial charge on any atom is -0.374 e. The second-order valence-electron chi connectivity index (χ2n) is 7.05. The minimum atomic E-state index is -0.677. The van der Waals surface area contributed by atoms with E-state index in [-0.39, 0.29) is 23.5 Å². The topological polar surface area (TPSA) is 65.2 Å². The van der Waals surface area contributed by atoms with E-state index < -0.39 is 29.1 Å². The van der Waals surface area contributed by atoms with E-state index in [4.69, 9.17) is 0 Å². The highest BCUT2D eigenvalue weighted by Gasteiger charge is 2.30. The van der Waals surface area contributed by atoms with Gasteiger partial charge in [0.25, 0.3) is 5.56 Å². The molecule has 1 aliphatic rings. The molecule has 1 aromatic heterocycles. The largest absolute Gasteiger partial charge is 0.374 e. The molecular weight excluding hydrogens is 383 g/mol. The quantitative estimate of drug-likeness (QED) is 0.706. The van der Waals surface area contributed by atoms with Gasteiger partial charge in [0.1, 0.15) is 17.5 Å². The number of aromatic nitrogens is 1. The summed E-state index contributed by atoms with van der Waals surface area (Å²) in [6.07, 6.45) is 1.80. The van der Waals surface area contributed by atoms with Crippen molar-refractivity contribution in [3.8, 4) is 0 Å². The smallest absolute Gasteiger partial charge is 0.255 e. The van der Waals surface area contributed by atoms with Crippen molar-refractivity contribution in [3.05, 3.63) is 75.5 Å². The number of amides is 1. The van der Waals surface area contributed by atoms with Crippen molar-refractivity contribution in [3.63, 3.8) is 0 Å². The average Bonchev–Trinajstić information content (AvgIpc) is 2.66. The van der Waals surface area contributed by atoms with E-state index in [0.717, 1.165) is 12.1 Å². The number of hydrogen-bond acceptors (Lipinski definition) is 3. The standard InChI is InChI=1S/C21H18F3N3O2/c1-11-20-13(6-14(22)8-17(20)24)3-5-27(11)19(28)10-26-18-7-12-2-4-25-21(29)15(12)9-16(18)23/h2,4,6-9,11,26H,3,5,10H2,1H3,(H,25,29). The van der Waals surface area contributed by atoms with E-state index in [2.05, 4.69) is 10.3 Å². The summed E-state index contributed by atoms with van der Waals surface area (Å²) in [6, 6.07) is 5.76. The number of fused-ring (bicyclic) bond motifs is 2. The van der Waals surface area contributed by atoms with Gasteiger partial charge < -0.3 is 15.2 Å². The van der Waals surface area contributed by atoms with Crippen molar-refractivity contribution in [1.29, 1.82) is 0 Å². The number of pyridine rings is 1. The first-order chi connectivity index (χ1) is 13.8. The average molecular weight is 401 g/mol. The van der Waals surface area contributed by atoms with Crippen LogP contribution < -0.4 is 10.9 Å². The summed E-state index contributed by atoms with van der Waals surface area (Å²) in [5, 5.41) is 3.51. The number of nitrogens with one attached hydrogen (secondary N) is 2. The van der Waals surface area contributed by atoms with Gasteiger partial charge in [-0.05, 0) is 48.6 Å². The highest BCUT2D eigenvalue weighted by atomic mass is 19.1. The molecular formula is C21H18F3N3O2. The van der Waals surface area contributed by atoms with Crippen molar-refractivity contribution in [2.24, 2.45) is 0 Å². The summed E-state index contributed by atoms with van der Waals surface area (Å²) in [5.41, 5.74) is 0.554. The predicted molar refractivity (Wildman–Crippen MR) is 103 cm³/mol. The lowest BCUT2D eigenvalue weighted by atomic mass is 9.92. The summed E-state index contributed by atoms with van der Waals surface area (Å²) >= 11 is 0. The molecule has 0 saturated carbocycles. The summed E-state index contributed by atoms with van der Waals surface area (Å²) in [7, 11) is 0. The van der Waals surface area contributed by atoms with Gasteiger partial charge in [-0.2, -0.15) is 0 Å². The number of benzene rings is 2. The number of carbonyl (C=O) groups excluding carboxylic acids is 1. The zero-order valence-electron chi connectivity index (χ0n) is 15.6. The Morgan fingerprint density at radius 1 is 1.21 bits per heavy atom. The molecule has 1 aliphatic heterocycles. The second-order valence-corrected chi connectivity index (χ2v) is 7.05. The second kappa shape index (κ2) is 7.27. The number of carbonyl (C=O) groups is 1. The van der Waals surface area contributed by atoms with E-state index in [9.17, 15) is 22.8 Å². The molecule has 0 bridgehead atoms.